The summed E-state index contributed by atoms with van der Waals surface area (Å²) in [5.41, 5.74) is 0.957. The van der Waals surface area contributed by atoms with E-state index >= 15 is 0 Å². The van der Waals surface area contributed by atoms with Crippen molar-refractivity contribution >= 4 is 17.7 Å². The molecule has 5 heteroatoms. The van der Waals surface area contributed by atoms with E-state index in [-0.39, 0.29) is 5.70 Å². The first-order valence-electron chi connectivity index (χ1n) is 5.81. The minimum Gasteiger partial charge on any atom is -0.456 e. The number of nitro groups is 1. The van der Waals surface area contributed by atoms with E-state index in [1.165, 1.54) is 6.08 Å². The molecule has 0 spiro atoms. The van der Waals surface area contributed by atoms with Gasteiger partial charge in [-0.25, -0.2) is 0 Å². The van der Waals surface area contributed by atoms with Crippen LogP contribution in [-0.2, 0) is 0 Å². The van der Waals surface area contributed by atoms with E-state index in [1.54, 1.807) is 31.2 Å². The zero-order chi connectivity index (χ0) is 13.8. The van der Waals surface area contributed by atoms with Crippen molar-refractivity contribution in [3.05, 3.63) is 63.0 Å². The zero-order valence-corrected chi connectivity index (χ0v) is 11.1. The first kappa shape index (κ1) is 13.4. The normalized spacial score (nSPS) is 11.6. The maximum Gasteiger partial charge on any atom is 0.249 e. The highest BCUT2D eigenvalue weighted by molar-refractivity contribution is 6.30. The molecular formula is C14H12ClNO3. The molecule has 0 amide bonds. The molecule has 1 aromatic heterocycles. The molecule has 0 aliphatic heterocycles. The molecule has 2 aromatic rings. The fourth-order valence-corrected chi connectivity index (χ4v) is 1.87. The predicted molar refractivity (Wildman–Crippen MR) is 74.4 cm³/mol. The summed E-state index contributed by atoms with van der Waals surface area (Å²) in [5, 5.41) is 11.4. The van der Waals surface area contributed by atoms with E-state index in [2.05, 4.69) is 0 Å². The number of hydrogen-bond donors (Lipinski definition) is 0. The molecule has 19 heavy (non-hydrogen) atoms. The molecule has 0 atom stereocenters. The lowest BCUT2D eigenvalue weighted by molar-refractivity contribution is -0.425. The van der Waals surface area contributed by atoms with Gasteiger partial charge in [-0.15, -0.1) is 0 Å². The van der Waals surface area contributed by atoms with Gasteiger partial charge in [0.05, 0.1) is 11.0 Å². The van der Waals surface area contributed by atoms with Gasteiger partial charge in [0.15, 0.2) is 0 Å². The quantitative estimate of drug-likeness (QED) is 0.605. The van der Waals surface area contributed by atoms with Crippen LogP contribution in [0.2, 0.25) is 5.02 Å². The van der Waals surface area contributed by atoms with E-state index < -0.39 is 4.92 Å². The van der Waals surface area contributed by atoms with Crippen molar-refractivity contribution in [3.63, 3.8) is 0 Å². The number of rotatable bonds is 4. The van der Waals surface area contributed by atoms with Gasteiger partial charge in [0, 0.05) is 17.0 Å². The Hall–Kier alpha value is -2.07. The Labute approximate surface area is 115 Å². The number of furan rings is 1. The molecule has 98 valence electrons. The van der Waals surface area contributed by atoms with E-state index in [0.717, 1.165) is 5.56 Å². The Morgan fingerprint density at radius 3 is 2.84 bits per heavy atom. The molecule has 0 saturated heterocycles. The van der Waals surface area contributed by atoms with E-state index in [9.17, 15) is 10.1 Å². The Morgan fingerprint density at radius 2 is 2.21 bits per heavy atom. The molecule has 0 aliphatic carbocycles. The van der Waals surface area contributed by atoms with Crippen LogP contribution in [0.5, 0.6) is 0 Å². The Morgan fingerprint density at radius 1 is 1.42 bits per heavy atom. The summed E-state index contributed by atoms with van der Waals surface area (Å²) in [7, 11) is 0. The summed E-state index contributed by atoms with van der Waals surface area (Å²) in [6.45, 7) is 1.73. The lowest BCUT2D eigenvalue weighted by atomic mass is 10.2. The summed E-state index contributed by atoms with van der Waals surface area (Å²) < 4.78 is 5.57. The van der Waals surface area contributed by atoms with Gasteiger partial charge in [-0.2, -0.15) is 0 Å². The fraction of sp³-hybridized carbons (Fsp3) is 0.143. The van der Waals surface area contributed by atoms with Gasteiger partial charge < -0.3 is 4.42 Å². The Balaban J connectivity index is 2.31. The third kappa shape index (κ3) is 3.23. The molecule has 2 rings (SSSR count). The van der Waals surface area contributed by atoms with Gasteiger partial charge in [0.25, 0.3) is 0 Å². The van der Waals surface area contributed by atoms with Gasteiger partial charge in [-0.05, 0) is 24.3 Å². The third-order valence-corrected chi connectivity index (χ3v) is 2.88. The summed E-state index contributed by atoms with van der Waals surface area (Å²) in [4.78, 5) is 10.3. The third-order valence-electron chi connectivity index (χ3n) is 2.64. The molecule has 0 fully saturated rings. The van der Waals surface area contributed by atoms with Gasteiger partial charge in [-0.1, -0.05) is 30.7 Å². The Kier molecular flexibility index (Phi) is 4.02. The lowest BCUT2D eigenvalue weighted by Gasteiger charge is -1.97. The highest BCUT2D eigenvalue weighted by Gasteiger charge is 2.10. The van der Waals surface area contributed by atoms with Crippen molar-refractivity contribution in [2.24, 2.45) is 0 Å². The van der Waals surface area contributed by atoms with Crippen molar-refractivity contribution in [3.8, 4) is 11.3 Å². The Bertz CT molecular complexity index is 631. The highest BCUT2D eigenvalue weighted by Crippen LogP contribution is 2.25. The topological polar surface area (TPSA) is 56.3 Å². The lowest BCUT2D eigenvalue weighted by Crippen LogP contribution is -1.95. The van der Waals surface area contributed by atoms with Crippen LogP contribution in [0.4, 0.5) is 0 Å². The molecule has 0 bridgehead atoms. The summed E-state index contributed by atoms with van der Waals surface area (Å²) in [5.74, 6) is 1.09. The van der Waals surface area contributed by atoms with Crippen LogP contribution in [0.25, 0.3) is 17.4 Å². The van der Waals surface area contributed by atoms with Crippen molar-refractivity contribution < 1.29 is 9.34 Å². The maximum absolute atomic E-state index is 10.7. The van der Waals surface area contributed by atoms with Gasteiger partial charge in [-0.3, -0.25) is 10.1 Å². The van der Waals surface area contributed by atoms with Crippen molar-refractivity contribution in [2.45, 2.75) is 13.3 Å². The van der Waals surface area contributed by atoms with Gasteiger partial charge in [0.1, 0.15) is 11.5 Å². The van der Waals surface area contributed by atoms with Gasteiger partial charge in [0.2, 0.25) is 5.70 Å². The molecule has 0 saturated carbocycles. The van der Waals surface area contributed by atoms with Crippen LogP contribution >= 0.6 is 11.6 Å². The number of nitrogens with zero attached hydrogens (tertiary/aromatic N) is 1. The predicted octanol–water partition coefficient (Wildman–Crippen LogP) is 4.63. The first-order valence-corrected chi connectivity index (χ1v) is 6.18. The number of benzene rings is 1. The average molecular weight is 278 g/mol. The highest BCUT2D eigenvalue weighted by atomic mass is 35.5. The van der Waals surface area contributed by atoms with Crippen molar-refractivity contribution in [1.82, 2.24) is 0 Å². The minimum atomic E-state index is -0.401. The van der Waals surface area contributed by atoms with Crippen LogP contribution < -0.4 is 0 Å². The fourth-order valence-electron chi connectivity index (χ4n) is 1.68. The van der Waals surface area contributed by atoms with Crippen LogP contribution in [0, 0.1) is 10.1 Å². The summed E-state index contributed by atoms with van der Waals surface area (Å²) >= 11 is 5.91. The van der Waals surface area contributed by atoms with E-state index in [4.69, 9.17) is 16.0 Å². The van der Waals surface area contributed by atoms with Crippen LogP contribution in [-0.4, -0.2) is 4.92 Å². The zero-order valence-electron chi connectivity index (χ0n) is 10.3. The maximum atomic E-state index is 10.7. The molecule has 0 radical (unpaired) electrons. The average Bonchev–Trinajstić information content (AvgIpc) is 2.84. The van der Waals surface area contributed by atoms with Crippen LogP contribution in [0.3, 0.4) is 0 Å². The molecule has 0 N–H and O–H groups in total. The molecule has 1 heterocycles. The number of halogens is 1. The second-order valence-corrected chi connectivity index (χ2v) is 4.40. The molecule has 0 aliphatic rings. The van der Waals surface area contributed by atoms with E-state index in [1.807, 2.05) is 12.1 Å². The molecule has 0 unspecified atom stereocenters. The smallest absolute Gasteiger partial charge is 0.249 e. The van der Waals surface area contributed by atoms with Crippen molar-refractivity contribution in [2.75, 3.05) is 0 Å². The molecule has 1 aromatic carbocycles. The second-order valence-electron chi connectivity index (χ2n) is 3.96. The number of hydrogen-bond acceptors (Lipinski definition) is 3. The SMILES string of the molecule is CC/C(=C\c1ccc(-c2cccc(Cl)c2)o1)[N+](=O)[O-]. The van der Waals surface area contributed by atoms with Crippen LogP contribution in [0.1, 0.15) is 19.1 Å². The standard InChI is InChI=1S/C14H12ClNO3/c1-2-12(16(17)18)9-13-6-7-14(19-13)10-4-3-5-11(15)8-10/h3-9H,2H2,1H3/b12-9+. The minimum absolute atomic E-state index is 0.118. The number of allylic oxidation sites excluding steroid dienone is 1. The molecular weight excluding hydrogens is 266 g/mol. The monoisotopic (exact) mass is 277 g/mol. The van der Waals surface area contributed by atoms with Crippen LogP contribution in [0.15, 0.2) is 46.5 Å². The first-order chi connectivity index (χ1) is 9.10. The van der Waals surface area contributed by atoms with E-state index in [0.29, 0.717) is 23.0 Å². The van der Waals surface area contributed by atoms with Crippen molar-refractivity contribution in [1.29, 1.82) is 0 Å². The molecule has 4 nitrogen and oxygen atoms in total. The summed E-state index contributed by atoms with van der Waals surface area (Å²) in [6, 6.07) is 10.7. The summed E-state index contributed by atoms with van der Waals surface area (Å²) in [6.07, 6.45) is 1.79. The largest absolute Gasteiger partial charge is 0.456 e. The second kappa shape index (κ2) is 5.71. The van der Waals surface area contributed by atoms with Gasteiger partial charge >= 0.3 is 0 Å².